The molecule has 0 saturated carbocycles. The van der Waals surface area contributed by atoms with Crippen molar-refractivity contribution in [2.24, 2.45) is 0 Å². The molecule has 0 radical (unpaired) electrons. The van der Waals surface area contributed by atoms with E-state index in [9.17, 15) is 9.59 Å². The fourth-order valence-corrected chi connectivity index (χ4v) is 4.77. The number of carbonyl (C=O) groups is 2. The van der Waals surface area contributed by atoms with E-state index in [0.717, 1.165) is 70.9 Å². The summed E-state index contributed by atoms with van der Waals surface area (Å²) in [6, 6.07) is 11.4. The largest absolute Gasteiger partial charge is 0.467 e. The summed E-state index contributed by atoms with van der Waals surface area (Å²) in [4.78, 5) is 32.9. The summed E-state index contributed by atoms with van der Waals surface area (Å²) >= 11 is 0. The molecule has 196 valence electrons. The number of ether oxygens (including phenoxy) is 2. The van der Waals surface area contributed by atoms with E-state index in [4.69, 9.17) is 13.9 Å². The maximum absolute atomic E-state index is 13.6. The third-order valence-electron chi connectivity index (χ3n) is 6.96. The van der Waals surface area contributed by atoms with E-state index < -0.39 is 0 Å². The average Bonchev–Trinajstić information content (AvgIpc) is 3.62. The monoisotopic (exact) mass is 497 g/mol. The van der Waals surface area contributed by atoms with Gasteiger partial charge in [0, 0.05) is 44.9 Å². The quantitative estimate of drug-likeness (QED) is 0.448. The fourth-order valence-electron chi connectivity index (χ4n) is 4.77. The van der Waals surface area contributed by atoms with Crippen molar-refractivity contribution in [1.82, 2.24) is 14.7 Å². The summed E-state index contributed by atoms with van der Waals surface area (Å²) in [7, 11) is 0. The van der Waals surface area contributed by atoms with Crippen LogP contribution < -0.4 is 0 Å². The molecule has 0 spiro atoms. The third-order valence-corrected chi connectivity index (χ3v) is 6.96. The highest BCUT2D eigenvalue weighted by molar-refractivity contribution is 5.96. The number of amides is 2. The molecule has 36 heavy (non-hydrogen) atoms. The van der Waals surface area contributed by atoms with Crippen molar-refractivity contribution < 1.29 is 23.5 Å². The topological polar surface area (TPSA) is 75.5 Å². The fraction of sp³-hybridized carbons (Fsp3) is 0.571. The number of aryl methyl sites for hydroxylation is 1. The average molecular weight is 498 g/mol. The summed E-state index contributed by atoms with van der Waals surface area (Å²) in [5.74, 6) is 0.525. The Kier molecular flexibility index (Phi) is 9.95. The van der Waals surface area contributed by atoms with Gasteiger partial charge in [0.2, 0.25) is 5.91 Å². The van der Waals surface area contributed by atoms with Gasteiger partial charge in [-0.1, -0.05) is 19.1 Å². The molecule has 0 N–H and O–H groups in total. The molecule has 1 atom stereocenters. The predicted octanol–water partition coefficient (Wildman–Crippen LogP) is 3.21. The molecule has 2 aliphatic heterocycles. The second-order valence-corrected chi connectivity index (χ2v) is 9.57. The molecule has 2 saturated heterocycles. The van der Waals surface area contributed by atoms with Crippen molar-refractivity contribution in [2.45, 2.75) is 45.3 Å². The van der Waals surface area contributed by atoms with Crippen LogP contribution >= 0.6 is 0 Å². The molecular weight excluding hydrogens is 458 g/mol. The van der Waals surface area contributed by atoms with Gasteiger partial charge in [-0.05, 0) is 55.5 Å². The number of hydrogen-bond donors (Lipinski definition) is 0. The highest BCUT2D eigenvalue weighted by Gasteiger charge is 2.27. The second kappa shape index (κ2) is 13.6. The van der Waals surface area contributed by atoms with E-state index in [1.54, 1.807) is 16.1 Å². The molecule has 8 heteroatoms. The van der Waals surface area contributed by atoms with Gasteiger partial charge in [0.15, 0.2) is 0 Å². The SMILES string of the molecule is CCc1ccc(C(=O)N(CCCN2CCOCC2)CC(=O)N(Cc2ccco2)CC2CCCO2)cc1. The first-order valence-electron chi connectivity index (χ1n) is 13.2. The highest BCUT2D eigenvalue weighted by atomic mass is 16.5. The van der Waals surface area contributed by atoms with Gasteiger partial charge >= 0.3 is 0 Å². The van der Waals surface area contributed by atoms with E-state index in [2.05, 4.69) is 11.8 Å². The van der Waals surface area contributed by atoms with Gasteiger partial charge in [0.25, 0.3) is 5.91 Å². The molecule has 1 unspecified atom stereocenters. The first-order chi connectivity index (χ1) is 17.6. The Morgan fingerprint density at radius 3 is 2.53 bits per heavy atom. The predicted molar refractivity (Wildman–Crippen MR) is 137 cm³/mol. The molecule has 2 fully saturated rings. The molecule has 1 aromatic carbocycles. The van der Waals surface area contributed by atoms with Crippen molar-refractivity contribution in [3.63, 3.8) is 0 Å². The first kappa shape index (κ1) is 26.4. The van der Waals surface area contributed by atoms with Crippen LogP contribution in [0, 0.1) is 0 Å². The first-order valence-corrected chi connectivity index (χ1v) is 13.2. The molecule has 4 rings (SSSR count). The zero-order chi connectivity index (χ0) is 25.2. The van der Waals surface area contributed by atoms with E-state index >= 15 is 0 Å². The molecule has 0 aliphatic carbocycles. The van der Waals surface area contributed by atoms with Crippen molar-refractivity contribution in [2.75, 3.05) is 59.1 Å². The summed E-state index contributed by atoms with van der Waals surface area (Å²) in [5.41, 5.74) is 1.80. The van der Waals surface area contributed by atoms with Gasteiger partial charge in [-0.25, -0.2) is 0 Å². The minimum absolute atomic E-state index is 0.0240. The van der Waals surface area contributed by atoms with Crippen molar-refractivity contribution in [1.29, 1.82) is 0 Å². The number of hydrogen-bond acceptors (Lipinski definition) is 6. The lowest BCUT2D eigenvalue weighted by Crippen LogP contribution is -2.46. The maximum atomic E-state index is 13.6. The molecule has 1 aromatic heterocycles. The highest BCUT2D eigenvalue weighted by Crippen LogP contribution is 2.17. The maximum Gasteiger partial charge on any atom is 0.254 e. The Hall–Kier alpha value is -2.68. The third kappa shape index (κ3) is 7.66. The number of rotatable bonds is 12. The molecular formula is C28H39N3O5. The van der Waals surface area contributed by atoms with Gasteiger partial charge in [-0.15, -0.1) is 0 Å². The molecule has 0 bridgehead atoms. The molecule has 3 heterocycles. The molecule has 2 aromatic rings. The summed E-state index contributed by atoms with van der Waals surface area (Å²) in [6.45, 7) is 8.42. The molecule has 2 aliphatic rings. The summed E-state index contributed by atoms with van der Waals surface area (Å²) < 4.78 is 16.8. The Morgan fingerprint density at radius 2 is 1.86 bits per heavy atom. The smallest absolute Gasteiger partial charge is 0.254 e. The van der Waals surface area contributed by atoms with Crippen LogP contribution in [0.1, 0.15) is 47.9 Å². The van der Waals surface area contributed by atoms with Crippen LogP contribution in [0.3, 0.4) is 0 Å². The number of nitrogens with zero attached hydrogens (tertiary/aromatic N) is 3. The van der Waals surface area contributed by atoms with E-state index in [0.29, 0.717) is 25.2 Å². The van der Waals surface area contributed by atoms with Gasteiger partial charge in [0.1, 0.15) is 12.3 Å². The Labute approximate surface area is 214 Å². The van der Waals surface area contributed by atoms with Crippen LogP contribution in [0.5, 0.6) is 0 Å². The van der Waals surface area contributed by atoms with Crippen molar-refractivity contribution in [3.8, 4) is 0 Å². The van der Waals surface area contributed by atoms with Gasteiger partial charge in [-0.3, -0.25) is 14.5 Å². The van der Waals surface area contributed by atoms with Gasteiger partial charge in [0.05, 0.1) is 32.1 Å². The van der Waals surface area contributed by atoms with Crippen LogP contribution in [-0.2, 0) is 27.2 Å². The van der Waals surface area contributed by atoms with Crippen LogP contribution in [0.2, 0.25) is 0 Å². The lowest BCUT2D eigenvalue weighted by atomic mass is 10.1. The number of morpholine rings is 1. The van der Waals surface area contributed by atoms with Crippen LogP contribution in [0.4, 0.5) is 0 Å². The van der Waals surface area contributed by atoms with Crippen LogP contribution in [-0.4, -0.2) is 91.7 Å². The summed E-state index contributed by atoms with van der Waals surface area (Å²) in [6.07, 6.45) is 5.31. The number of benzene rings is 1. The second-order valence-electron chi connectivity index (χ2n) is 9.57. The minimum atomic E-state index is -0.108. The van der Waals surface area contributed by atoms with Gasteiger partial charge in [-0.2, -0.15) is 0 Å². The molecule has 8 nitrogen and oxygen atoms in total. The van der Waals surface area contributed by atoms with E-state index in [1.165, 1.54) is 5.56 Å². The van der Waals surface area contributed by atoms with Crippen LogP contribution in [0.25, 0.3) is 0 Å². The van der Waals surface area contributed by atoms with Gasteiger partial charge < -0.3 is 23.7 Å². The summed E-state index contributed by atoms with van der Waals surface area (Å²) in [5, 5.41) is 0. The Balaban J connectivity index is 1.45. The standard InChI is InChI=1S/C28H39N3O5/c1-2-23-8-10-24(11-9-23)28(33)30(13-5-12-29-14-18-34-19-15-29)22-27(32)31(20-25-6-3-16-35-25)21-26-7-4-17-36-26/h3,6,8-11,16,26H,2,4-5,7,12-15,17-22H2,1H3. The van der Waals surface area contributed by atoms with E-state index in [1.807, 2.05) is 36.4 Å². The lowest BCUT2D eigenvalue weighted by molar-refractivity contribution is -0.134. The Bertz CT molecular complexity index is 935. The minimum Gasteiger partial charge on any atom is -0.467 e. The normalized spacial score (nSPS) is 18.3. The molecule has 2 amide bonds. The Morgan fingerprint density at radius 1 is 1.06 bits per heavy atom. The number of furan rings is 1. The zero-order valence-electron chi connectivity index (χ0n) is 21.4. The van der Waals surface area contributed by atoms with E-state index in [-0.39, 0.29) is 24.5 Å². The van der Waals surface area contributed by atoms with Crippen molar-refractivity contribution >= 4 is 11.8 Å². The van der Waals surface area contributed by atoms with Crippen LogP contribution in [0.15, 0.2) is 47.1 Å². The lowest BCUT2D eigenvalue weighted by Gasteiger charge is -2.30. The van der Waals surface area contributed by atoms with Crippen molar-refractivity contribution in [3.05, 3.63) is 59.5 Å². The number of carbonyl (C=O) groups excluding carboxylic acids is 2. The zero-order valence-corrected chi connectivity index (χ0v) is 21.4.